The molecule has 18 heavy (non-hydrogen) atoms. The zero-order valence-electron chi connectivity index (χ0n) is 9.88. The Morgan fingerprint density at radius 1 is 1.39 bits per heavy atom. The van der Waals surface area contributed by atoms with Crippen LogP contribution in [-0.4, -0.2) is 44.6 Å². The smallest absolute Gasteiger partial charge is 0.337 e. The topological polar surface area (TPSA) is 108 Å². The van der Waals surface area contributed by atoms with Crippen molar-refractivity contribution < 1.29 is 18.3 Å². The van der Waals surface area contributed by atoms with Crippen LogP contribution in [0, 0.1) is 0 Å². The summed E-state index contributed by atoms with van der Waals surface area (Å²) in [7, 11) is -1.89. The zero-order chi connectivity index (χ0) is 13.6. The molecule has 1 aromatic rings. The van der Waals surface area contributed by atoms with E-state index in [1.807, 2.05) is 0 Å². The molecule has 0 amide bonds. The molecule has 0 aromatic carbocycles. The number of carboxylic acids is 1. The molecule has 0 unspecified atom stereocenters. The van der Waals surface area contributed by atoms with E-state index in [1.165, 1.54) is 12.1 Å². The Balaban J connectivity index is 2.70. The van der Waals surface area contributed by atoms with Gasteiger partial charge in [0.25, 0.3) is 10.0 Å². The Kier molecular flexibility index (Phi) is 5.20. The number of hydrogen-bond acceptors (Lipinski definition) is 5. The van der Waals surface area contributed by atoms with Gasteiger partial charge in [-0.05, 0) is 32.1 Å². The van der Waals surface area contributed by atoms with Crippen LogP contribution in [0.25, 0.3) is 0 Å². The van der Waals surface area contributed by atoms with E-state index < -0.39 is 16.0 Å². The average Bonchev–Trinajstić information content (AvgIpc) is 2.35. The van der Waals surface area contributed by atoms with Crippen molar-refractivity contribution in [2.24, 2.45) is 0 Å². The molecule has 8 heteroatoms. The van der Waals surface area contributed by atoms with Crippen molar-refractivity contribution in [3.05, 3.63) is 23.9 Å². The Morgan fingerprint density at radius 2 is 2.11 bits per heavy atom. The largest absolute Gasteiger partial charge is 0.478 e. The lowest BCUT2D eigenvalue weighted by molar-refractivity contribution is 0.0696. The summed E-state index contributed by atoms with van der Waals surface area (Å²) < 4.78 is 25.9. The lowest BCUT2D eigenvalue weighted by Crippen LogP contribution is -2.27. The summed E-state index contributed by atoms with van der Waals surface area (Å²) in [4.78, 5) is 14.2. The van der Waals surface area contributed by atoms with E-state index in [2.05, 4.69) is 15.0 Å². The van der Waals surface area contributed by atoms with E-state index in [-0.39, 0.29) is 10.6 Å². The van der Waals surface area contributed by atoms with Crippen molar-refractivity contribution in [2.45, 2.75) is 11.4 Å². The fourth-order valence-electron chi connectivity index (χ4n) is 1.21. The van der Waals surface area contributed by atoms with E-state index in [4.69, 9.17) is 5.11 Å². The van der Waals surface area contributed by atoms with Gasteiger partial charge in [-0.2, -0.15) is 0 Å². The minimum Gasteiger partial charge on any atom is -0.478 e. The monoisotopic (exact) mass is 273 g/mol. The van der Waals surface area contributed by atoms with Crippen LogP contribution in [0.1, 0.15) is 16.8 Å². The predicted molar refractivity (Wildman–Crippen MR) is 64.9 cm³/mol. The van der Waals surface area contributed by atoms with Gasteiger partial charge in [0.1, 0.15) is 0 Å². The number of pyridine rings is 1. The number of carboxylic acid groups (broad SMARTS) is 1. The lowest BCUT2D eigenvalue weighted by Gasteiger charge is -2.05. The van der Waals surface area contributed by atoms with E-state index in [0.29, 0.717) is 19.5 Å². The second kappa shape index (κ2) is 6.43. The first-order chi connectivity index (χ1) is 8.47. The second-order valence-corrected chi connectivity index (χ2v) is 5.26. The van der Waals surface area contributed by atoms with Crippen LogP contribution < -0.4 is 10.0 Å². The molecular formula is C10H15N3O4S. The second-order valence-electron chi connectivity index (χ2n) is 3.55. The van der Waals surface area contributed by atoms with Crippen molar-refractivity contribution >= 4 is 16.0 Å². The fraction of sp³-hybridized carbons (Fsp3) is 0.400. The highest BCUT2D eigenvalue weighted by Crippen LogP contribution is 2.06. The van der Waals surface area contributed by atoms with E-state index >= 15 is 0 Å². The third-order valence-corrected chi connectivity index (χ3v) is 3.53. The Labute approximate surface area is 105 Å². The predicted octanol–water partition coefficient (Wildman–Crippen LogP) is -0.332. The van der Waals surface area contributed by atoms with E-state index in [9.17, 15) is 13.2 Å². The summed E-state index contributed by atoms with van der Waals surface area (Å²) in [6, 6.07) is 2.38. The van der Waals surface area contributed by atoms with Gasteiger partial charge >= 0.3 is 5.97 Å². The number of hydrogen-bond donors (Lipinski definition) is 3. The molecule has 0 aliphatic rings. The van der Waals surface area contributed by atoms with Crippen LogP contribution in [0.3, 0.4) is 0 Å². The molecule has 0 spiro atoms. The van der Waals surface area contributed by atoms with E-state index in [1.54, 1.807) is 7.05 Å². The SMILES string of the molecule is CNCCCNS(=O)(=O)c1ccc(C(=O)O)cn1. The first kappa shape index (κ1) is 14.6. The van der Waals surface area contributed by atoms with Crippen LogP contribution in [-0.2, 0) is 10.0 Å². The van der Waals surface area contributed by atoms with Crippen LogP contribution in [0.5, 0.6) is 0 Å². The summed E-state index contributed by atoms with van der Waals surface area (Å²) >= 11 is 0. The van der Waals surface area contributed by atoms with Gasteiger partial charge in [-0.25, -0.2) is 22.9 Å². The maximum atomic E-state index is 11.7. The molecule has 1 rings (SSSR count). The molecule has 0 bridgehead atoms. The van der Waals surface area contributed by atoms with Crippen LogP contribution in [0.2, 0.25) is 0 Å². The molecule has 0 fully saturated rings. The summed E-state index contributed by atoms with van der Waals surface area (Å²) in [5.74, 6) is -1.14. The van der Waals surface area contributed by atoms with Gasteiger partial charge in [0, 0.05) is 12.7 Å². The number of aromatic nitrogens is 1. The van der Waals surface area contributed by atoms with Crippen molar-refractivity contribution in [1.82, 2.24) is 15.0 Å². The van der Waals surface area contributed by atoms with E-state index in [0.717, 1.165) is 6.20 Å². The van der Waals surface area contributed by atoms with Crippen molar-refractivity contribution in [3.8, 4) is 0 Å². The number of nitrogens with zero attached hydrogens (tertiary/aromatic N) is 1. The molecule has 1 heterocycles. The molecule has 0 aliphatic heterocycles. The molecule has 1 aromatic heterocycles. The Morgan fingerprint density at radius 3 is 2.61 bits per heavy atom. The molecule has 0 radical (unpaired) electrons. The molecule has 0 saturated heterocycles. The fourth-order valence-corrected chi connectivity index (χ4v) is 2.21. The number of rotatable bonds is 7. The quantitative estimate of drug-likeness (QED) is 0.587. The van der Waals surface area contributed by atoms with Gasteiger partial charge in [0.2, 0.25) is 0 Å². The molecule has 0 aliphatic carbocycles. The Hall–Kier alpha value is -1.51. The minimum atomic E-state index is -3.67. The van der Waals surface area contributed by atoms with Crippen LogP contribution >= 0.6 is 0 Å². The van der Waals surface area contributed by atoms with Gasteiger partial charge in [0.05, 0.1) is 5.56 Å². The summed E-state index contributed by atoms with van der Waals surface area (Å²) in [5, 5.41) is 11.4. The van der Waals surface area contributed by atoms with Gasteiger partial charge in [-0.15, -0.1) is 0 Å². The van der Waals surface area contributed by atoms with Gasteiger partial charge in [0.15, 0.2) is 5.03 Å². The number of nitrogens with one attached hydrogen (secondary N) is 2. The highest BCUT2D eigenvalue weighted by molar-refractivity contribution is 7.89. The first-order valence-electron chi connectivity index (χ1n) is 5.31. The number of aromatic carboxylic acids is 1. The third kappa shape index (κ3) is 4.06. The average molecular weight is 273 g/mol. The minimum absolute atomic E-state index is 0.0517. The first-order valence-corrected chi connectivity index (χ1v) is 6.79. The molecule has 0 atom stereocenters. The maximum absolute atomic E-state index is 11.7. The Bertz CT molecular complexity index is 498. The number of carbonyl (C=O) groups is 1. The normalized spacial score (nSPS) is 11.4. The third-order valence-electron chi connectivity index (χ3n) is 2.15. The molecule has 3 N–H and O–H groups in total. The van der Waals surface area contributed by atoms with Crippen LogP contribution in [0.15, 0.2) is 23.4 Å². The van der Waals surface area contributed by atoms with Crippen LogP contribution in [0.4, 0.5) is 0 Å². The van der Waals surface area contributed by atoms with Gasteiger partial charge in [-0.3, -0.25) is 0 Å². The highest BCUT2D eigenvalue weighted by Gasteiger charge is 2.15. The van der Waals surface area contributed by atoms with Crippen molar-refractivity contribution in [2.75, 3.05) is 20.1 Å². The zero-order valence-corrected chi connectivity index (χ0v) is 10.7. The molecule has 100 valence electrons. The van der Waals surface area contributed by atoms with Crippen molar-refractivity contribution in [1.29, 1.82) is 0 Å². The number of sulfonamides is 1. The van der Waals surface area contributed by atoms with Gasteiger partial charge in [-0.1, -0.05) is 0 Å². The molecular weight excluding hydrogens is 258 g/mol. The maximum Gasteiger partial charge on any atom is 0.337 e. The molecule has 0 saturated carbocycles. The highest BCUT2D eigenvalue weighted by atomic mass is 32.2. The summed E-state index contributed by atoms with van der Waals surface area (Å²) in [6.07, 6.45) is 1.67. The van der Waals surface area contributed by atoms with Gasteiger partial charge < -0.3 is 10.4 Å². The molecule has 7 nitrogen and oxygen atoms in total. The standard InChI is InChI=1S/C10H15N3O4S/c1-11-5-2-6-13-18(16,17)9-4-3-8(7-12-9)10(14)15/h3-4,7,11,13H,2,5-6H2,1H3,(H,14,15). The van der Waals surface area contributed by atoms with Crippen molar-refractivity contribution in [3.63, 3.8) is 0 Å². The summed E-state index contributed by atoms with van der Waals surface area (Å²) in [5.41, 5.74) is -0.0517. The lowest BCUT2D eigenvalue weighted by atomic mass is 10.3. The summed E-state index contributed by atoms with van der Waals surface area (Å²) in [6.45, 7) is 0.999.